The zero-order valence-electron chi connectivity index (χ0n) is 7.92. The minimum absolute atomic E-state index is 0.254. The van der Waals surface area contributed by atoms with Gasteiger partial charge in [-0.3, -0.25) is 0 Å². The zero-order chi connectivity index (χ0) is 9.19. The van der Waals surface area contributed by atoms with Crippen molar-refractivity contribution in [2.24, 2.45) is 0 Å². The first kappa shape index (κ1) is 9.66. The predicted molar refractivity (Wildman–Crippen MR) is 56.4 cm³/mol. The van der Waals surface area contributed by atoms with Crippen molar-refractivity contribution in [1.82, 2.24) is 0 Å². The van der Waals surface area contributed by atoms with Crippen LogP contribution in [0.25, 0.3) is 0 Å². The molecule has 1 aromatic carbocycles. The Hall–Kier alpha value is -0.430. The molecular formula is C11H15S. The highest BCUT2D eigenvalue weighted by Crippen LogP contribution is 2.24. The molecule has 0 aliphatic carbocycles. The van der Waals surface area contributed by atoms with Crippen molar-refractivity contribution in [1.29, 1.82) is 0 Å². The molecule has 65 valence electrons. The van der Waals surface area contributed by atoms with Crippen LogP contribution in [0.3, 0.4) is 0 Å². The van der Waals surface area contributed by atoms with Crippen molar-refractivity contribution in [3.05, 3.63) is 36.1 Å². The van der Waals surface area contributed by atoms with E-state index < -0.39 is 0 Å². The fourth-order valence-corrected chi connectivity index (χ4v) is 1.38. The summed E-state index contributed by atoms with van der Waals surface area (Å²) in [6.45, 7) is 6.66. The third-order valence-electron chi connectivity index (χ3n) is 1.89. The zero-order valence-corrected chi connectivity index (χ0v) is 8.74. The second-order valence-corrected chi connectivity index (χ2v) is 4.68. The molecule has 0 saturated heterocycles. The first-order valence-electron chi connectivity index (χ1n) is 4.06. The summed E-state index contributed by atoms with van der Waals surface area (Å²) < 4.78 is 0. The summed E-state index contributed by atoms with van der Waals surface area (Å²) in [6, 6.07) is 8.59. The van der Waals surface area contributed by atoms with Crippen LogP contribution in [0.1, 0.15) is 26.3 Å². The lowest BCUT2D eigenvalue weighted by Crippen LogP contribution is -2.10. The molecule has 0 atom stereocenters. The Labute approximate surface area is 79.4 Å². The highest BCUT2D eigenvalue weighted by Gasteiger charge is 2.12. The van der Waals surface area contributed by atoms with Crippen LogP contribution in [0.4, 0.5) is 0 Å². The average Bonchev–Trinajstić information content (AvgIpc) is 2.03. The molecule has 1 rings (SSSR count). The Bertz CT molecular complexity index is 241. The number of rotatable bonds is 1. The van der Waals surface area contributed by atoms with E-state index in [0.29, 0.717) is 0 Å². The molecule has 0 amide bonds. The van der Waals surface area contributed by atoms with Crippen LogP contribution in [0.15, 0.2) is 29.2 Å². The molecule has 0 unspecified atom stereocenters. The molecule has 12 heavy (non-hydrogen) atoms. The van der Waals surface area contributed by atoms with Crippen LogP contribution in [-0.2, 0) is 5.41 Å². The number of thioether (sulfide) groups is 1. The van der Waals surface area contributed by atoms with Crippen molar-refractivity contribution in [3.8, 4) is 0 Å². The Morgan fingerprint density at radius 3 is 1.92 bits per heavy atom. The SMILES string of the molecule is [CH2]Sc1ccc(C(C)(C)C)cc1. The lowest BCUT2D eigenvalue weighted by atomic mass is 9.87. The van der Waals surface area contributed by atoms with Crippen LogP contribution in [0, 0.1) is 6.26 Å². The molecule has 1 radical (unpaired) electrons. The number of hydrogen-bond acceptors (Lipinski definition) is 1. The summed E-state index contributed by atoms with van der Waals surface area (Å²) in [5.74, 6) is 0. The second-order valence-electron chi connectivity index (χ2n) is 3.92. The predicted octanol–water partition coefficient (Wildman–Crippen LogP) is 3.87. The highest BCUT2D eigenvalue weighted by molar-refractivity contribution is 8.00. The standard InChI is InChI=1S/C11H15S/c1-11(2,3)9-5-7-10(12-4)8-6-9/h5-8H,4H2,1-3H3. The van der Waals surface area contributed by atoms with Crippen molar-refractivity contribution in [2.45, 2.75) is 31.1 Å². The maximum atomic E-state index is 3.76. The van der Waals surface area contributed by atoms with Gasteiger partial charge in [-0.05, 0) is 23.1 Å². The molecule has 0 heterocycles. The lowest BCUT2D eigenvalue weighted by Gasteiger charge is -2.18. The Morgan fingerprint density at radius 1 is 1.08 bits per heavy atom. The van der Waals surface area contributed by atoms with Crippen LogP contribution in [0.5, 0.6) is 0 Å². The van der Waals surface area contributed by atoms with Crippen molar-refractivity contribution in [3.63, 3.8) is 0 Å². The van der Waals surface area contributed by atoms with Gasteiger partial charge in [-0.2, -0.15) is 0 Å². The van der Waals surface area contributed by atoms with Gasteiger partial charge >= 0.3 is 0 Å². The minimum atomic E-state index is 0.254. The molecule has 0 spiro atoms. The van der Waals surface area contributed by atoms with E-state index in [2.05, 4.69) is 51.3 Å². The summed E-state index contributed by atoms with van der Waals surface area (Å²) in [7, 11) is 0. The first-order chi connectivity index (χ1) is 5.54. The average molecular weight is 179 g/mol. The van der Waals surface area contributed by atoms with Gasteiger partial charge in [0.2, 0.25) is 0 Å². The number of benzene rings is 1. The Morgan fingerprint density at radius 2 is 1.58 bits per heavy atom. The maximum Gasteiger partial charge on any atom is 0.00745 e. The summed E-state index contributed by atoms with van der Waals surface area (Å²) in [5, 5.41) is 0. The van der Waals surface area contributed by atoms with Gasteiger partial charge in [0.25, 0.3) is 0 Å². The Balaban J connectivity index is 2.93. The van der Waals surface area contributed by atoms with E-state index in [1.165, 1.54) is 22.2 Å². The van der Waals surface area contributed by atoms with E-state index in [9.17, 15) is 0 Å². The van der Waals surface area contributed by atoms with Crippen molar-refractivity contribution in [2.75, 3.05) is 0 Å². The lowest BCUT2D eigenvalue weighted by molar-refractivity contribution is 0.590. The quantitative estimate of drug-likeness (QED) is 0.590. The van der Waals surface area contributed by atoms with Gasteiger partial charge in [-0.15, -0.1) is 11.8 Å². The van der Waals surface area contributed by atoms with Gasteiger partial charge < -0.3 is 0 Å². The minimum Gasteiger partial charge on any atom is -0.125 e. The van der Waals surface area contributed by atoms with Crippen LogP contribution >= 0.6 is 11.8 Å². The van der Waals surface area contributed by atoms with Gasteiger partial charge in [-0.25, -0.2) is 0 Å². The molecule has 0 fully saturated rings. The number of hydrogen-bond donors (Lipinski definition) is 0. The molecule has 0 nitrogen and oxygen atoms in total. The fraction of sp³-hybridized carbons (Fsp3) is 0.364. The smallest absolute Gasteiger partial charge is 0.00745 e. The topological polar surface area (TPSA) is 0 Å². The molecule has 1 heteroatoms. The van der Waals surface area contributed by atoms with Crippen LogP contribution in [-0.4, -0.2) is 0 Å². The maximum absolute atomic E-state index is 3.76. The van der Waals surface area contributed by atoms with Crippen LogP contribution < -0.4 is 0 Å². The fourth-order valence-electron chi connectivity index (χ4n) is 1.05. The first-order valence-corrected chi connectivity index (χ1v) is 5.05. The summed E-state index contributed by atoms with van der Waals surface area (Å²) in [4.78, 5) is 1.23. The van der Waals surface area contributed by atoms with E-state index in [1.54, 1.807) is 0 Å². The van der Waals surface area contributed by atoms with E-state index >= 15 is 0 Å². The van der Waals surface area contributed by atoms with E-state index in [1.807, 2.05) is 0 Å². The molecule has 0 aromatic heterocycles. The molecule has 0 N–H and O–H groups in total. The summed E-state index contributed by atoms with van der Waals surface area (Å²) in [6.07, 6.45) is 3.76. The van der Waals surface area contributed by atoms with Crippen molar-refractivity contribution < 1.29 is 0 Å². The summed E-state index contributed by atoms with van der Waals surface area (Å²) in [5.41, 5.74) is 1.63. The second kappa shape index (κ2) is 3.53. The third kappa shape index (κ3) is 2.28. The molecule has 1 aromatic rings. The van der Waals surface area contributed by atoms with Gasteiger partial charge in [0.05, 0.1) is 0 Å². The van der Waals surface area contributed by atoms with Gasteiger partial charge in [0, 0.05) is 11.2 Å². The van der Waals surface area contributed by atoms with E-state index in [-0.39, 0.29) is 5.41 Å². The van der Waals surface area contributed by atoms with E-state index in [0.717, 1.165) is 0 Å². The molecule has 0 bridgehead atoms. The molecule has 0 aliphatic rings. The Kier molecular flexibility index (Phi) is 2.84. The largest absolute Gasteiger partial charge is 0.125 e. The molecule has 0 saturated carbocycles. The van der Waals surface area contributed by atoms with Crippen molar-refractivity contribution >= 4 is 11.8 Å². The normalized spacial score (nSPS) is 11.7. The highest BCUT2D eigenvalue weighted by atomic mass is 32.2. The summed E-state index contributed by atoms with van der Waals surface area (Å²) >= 11 is 1.54. The van der Waals surface area contributed by atoms with Gasteiger partial charge in [0.15, 0.2) is 0 Å². The van der Waals surface area contributed by atoms with Crippen LogP contribution in [0.2, 0.25) is 0 Å². The monoisotopic (exact) mass is 179 g/mol. The molecular weight excluding hydrogens is 164 g/mol. The van der Waals surface area contributed by atoms with Gasteiger partial charge in [0.1, 0.15) is 0 Å². The van der Waals surface area contributed by atoms with E-state index in [4.69, 9.17) is 0 Å². The molecule has 0 aliphatic heterocycles. The third-order valence-corrected chi connectivity index (χ3v) is 2.49. The van der Waals surface area contributed by atoms with Gasteiger partial charge in [-0.1, -0.05) is 32.9 Å².